The first-order chi connectivity index (χ1) is 11.9. The molecule has 25 heavy (non-hydrogen) atoms. The van der Waals surface area contributed by atoms with E-state index < -0.39 is 29.9 Å². The lowest BCUT2D eigenvalue weighted by molar-refractivity contribution is -0.132. The van der Waals surface area contributed by atoms with E-state index in [1.165, 1.54) is 13.0 Å². The van der Waals surface area contributed by atoms with Crippen molar-refractivity contribution in [3.8, 4) is 0 Å². The molecule has 0 aromatic rings. The van der Waals surface area contributed by atoms with Gasteiger partial charge in [0.25, 0.3) is 0 Å². The van der Waals surface area contributed by atoms with E-state index in [-0.39, 0.29) is 18.6 Å². The monoisotopic (exact) mass is 352 g/mol. The zero-order valence-electron chi connectivity index (χ0n) is 14.8. The van der Waals surface area contributed by atoms with Crippen molar-refractivity contribution in [2.75, 3.05) is 6.61 Å². The Hall–Kier alpha value is -1.47. The lowest BCUT2D eigenvalue weighted by Crippen LogP contribution is -2.43. The standard InChI is InChI=1S/C19H28O6/c1-3-4-5-6-7-8-13-14(11-20)15(21)17-19(25-17,16(13)22)10-9-12(2)18(23)24/h7-9,15-17,20-22H,3-6,10-11H2,1-2H3,(H,23,24)/b8-7+,12-9+. The van der Waals surface area contributed by atoms with Gasteiger partial charge in [0, 0.05) is 12.0 Å². The van der Waals surface area contributed by atoms with E-state index in [0.29, 0.717) is 11.1 Å². The van der Waals surface area contributed by atoms with Gasteiger partial charge in [0.2, 0.25) is 0 Å². The molecule has 0 aromatic carbocycles. The fraction of sp³-hybridized carbons (Fsp3) is 0.632. The Balaban J connectivity index is 2.19. The van der Waals surface area contributed by atoms with Crippen LogP contribution in [0.25, 0.3) is 0 Å². The second kappa shape index (κ2) is 8.27. The predicted molar refractivity (Wildman–Crippen MR) is 93.0 cm³/mol. The third-order valence-electron chi connectivity index (χ3n) is 5.05. The van der Waals surface area contributed by atoms with Crippen molar-refractivity contribution in [3.05, 3.63) is 34.9 Å². The number of aliphatic carboxylic acids is 1. The van der Waals surface area contributed by atoms with Gasteiger partial charge >= 0.3 is 5.97 Å². The SMILES string of the molecule is CCCCC/C=C/C1=C(CO)C(O)C2OC2(C/C=C(\C)C(=O)O)C1O. The van der Waals surface area contributed by atoms with Crippen LogP contribution in [0.3, 0.4) is 0 Å². The molecule has 0 amide bonds. The molecule has 4 N–H and O–H groups in total. The topological polar surface area (TPSA) is 111 Å². The molecule has 1 heterocycles. The van der Waals surface area contributed by atoms with Crippen LogP contribution in [-0.4, -0.2) is 56.9 Å². The number of carboxylic acid groups (broad SMARTS) is 1. The summed E-state index contributed by atoms with van der Waals surface area (Å²) in [5.74, 6) is -1.03. The summed E-state index contributed by atoms with van der Waals surface area (Å²) in [5, 5.41) is 39.8. The molecular weight excluding hydrogens is 324 g/mol. The van der Waals surface area contributed by atoms with Gasteiger partial charge in [-0.15, -0.1) is 0 Å². The average molecular weight is 352 g/mol. The molecule has 0 saturated carbocycles. The maximum absolute atomic E-state index is 11.0. The number of carboxylic acids is 1. The van der Waals surface area contributed by atoms with Crippen LogP contribution in [0.15, 0.2) is 34.9 Å². The molecule has 4 atom stereocenters. The number of epoxide rings is 1. The lowest BCUT2D eigenvalue weighted by atomic mass is 9.77. The zero-order valence-corrected chi connectivity index (χ0v) is 14.8. The number of rotatable bonds is 9. The van der Waals surface area contributed by atoms with Gasteiger partial charge in [-0.05, 0) is 30.9 Å². The first-order valence-electron chi connectivity index (χ1n) is 8.83. The number of aliphatic hydroxyl groups excluding tert-OH is 3. The number of aliphatic hydroxyl groups is 3. The van der Waals surface area contributed by atoms with Gasteiger partial charge in [-0.3, -0.25) is 0 Å². The van der Waals surface area contributed by atoms with E-state index in [0.717, 1.165) is 25.7 Å². The summed E-state index contributed by atoms with van der Waals surface area (Å²) in [6.45, 7) is 3.25. The van der Waals surface area contributed by atoms with Crippen LogP contribution in [0.5, 0.6) is 0 Å². The van der Waals surface area contributed by atoms with Crippen LogP contribution < -0.4 is 0 Å². The van der Waals surface area contributed by atoms with Gasteiger partial charge in [0.05, 0.1) is 6.61 Å². The Kier molecular flexibility index (Phi) is 6.57. The lowest BCUT2D eigenvalue weighted by Gasteiger charge is -2.29. The number of unbranched alkanes of at least 4 members (excludes halogenated alkanes) is 3. The number of carbonyl (C=O) groups is 1. The second-order valence-electron chi connectivity index (χ2n) is 6.77. The van der Waals surface area contributed by atoms with Gasteiger partial charge in [-0.1, -0.05) is 38.0 Å². The van der Waals surface area contributed by atoms with Gasteiger partial charge < -0.3 is 25.2 Å². The van der Waals surface area contributed by atoms with Gasteiger partial charge in [0.1, 0.15) is 23.9 Å². The van der Waals surface area contributed by atoms with Gasteiger partial charge in [0.15, 0.2) is 0 Å². The molecule has 0 aromatic heterocycles. The quantitative estimate of drug-likeness (QED) is 0.286. The number of hydrogen-bond acceptors (Lipinski definition) is 5. The largest absolute Gasteiger partial charge is 0.478 e. The van der Waals surface area contributed by atoms with Crippen molar-refractivity contribution >= 4 is 5.97 Å². The van der Waals surface area contributed by atoms with Crippen molar-refractivity contribution in [3.63, 3.8) is 0 Å². The van der Waals surface area contributed by atoms with Crippen LogP contribution in [-0.2, 0) is 9.53 Å². The van der Waals surface area contributed by atoms with E-state index in [1.54, 1.807) is 6.08 Å². The van der Waals surface area contributed by atoms with E-state index in [9.17, 15) is 20.1 Å². The van der Waals surface area contributed by atoms with E-state index >= 15 is 0 Å². The van der Waals surface area contributed by atoms with Crippen molar-refractivity contribution in [1.82, 2.24) is 0 Å². The Labute approximate surface area is 148 Å². The summed E-state index contributed by atoms with van der Waals surface area (Å²) in [6.07, 6.45) is 6.89. The van der Waals surface area contributed by atoms with E-state index in [2.05, 4.69) is 6.92 Å². The molecule has 6 heteroatoms. The minimum atomic E-state index is -1.03. The highest BCUT2D eigenvalue weighted by molar-refractivity contribution is 5.85. The second-order valence-corrected chi connectivity index (χ2v) is 6.77. The molecule has 2 aliphatic rings. The summed E-state index contributed by atoms with van der Waals surface area (Å²) >= 11 is 0. The number of hydrogen-bond donors (Lipinski definition) is 4. The fourth-order valence-corrected chi connectivity index (χ4v) is 3.33. The van der Waals surface area contributed by atoms with Crippen LogP contribution in [0.4, 0.5) is 0 Å². The van der Waals surface area contributed by atoms with Crippen molar-refractivity contribution in [2.45, 2.75) is 69.9 Å². The normalized spacial score (nSPS) is 32.2. The summed E-state index contributed by atoms with van der Waals surface area (Å²) in [7, 11) is 0. The highest BCUT2D eigenvalue weighted by atomic mass is 16.6. The van der Waals surface area contributed by atoms with Crippen molar-refractivity contribution < 1.29 is 30.0 Å². The van der Waals surface area contributed by atoms with E-state index in [1.807, 2.05) is 6.08 Å². The minimum absolute atomic E-state index is 0.166. The average Bonchev–Trinajstić information content (AvgIpc) is 3.33. The molecular formula is C19H28O6. The van der Waals surface area contributed by atoms with Crippen LogP contribution in [0.1, 0.15) is 46.0 Å². The number of allylic oxidation sites excluding steroid dienone is 1. The summed E-state index contributed by atoms with van der Waals surface area (Å²) < 4.78 is 5.60. The molecule has 2 rings (SSSR count). The Morgan fingerprint density at radius 2 is 2.04 bits per heavy atom. The van der Waals surface area contributed by atoms with Crippen molar-refractivity contribution in [2.24, 2.45) is 0 Å². The smallest absolute Gasteiger partial charge is 0.330 e. The first-order valence-corrected chi connectivity index (χ1v) is 8.83. The Morgan fingerprint density at radius 1 is 1.32 bits per heavy atom. The van der Waals surface area contributed by atoms with E-state index in [4.69, 9.17) is 9.84 Å². The molecule has 1 aliphatic heterocycles. The summed E-state index contributed by atoms with van der Waals surface area (Å²) in [5.41, 5.74) is -0.00502. The number of ether oxygens (including phenoxy) is 1. The molecule has 0 bridgehead atoms. The molecule has 1 fully saturated rings. The zero-order chi connectivity index (χ0) is 18.6. The highest BCUT2D eigenvalue weighted by Crippen LogP contribution is 2.52. The Bertz CT molecular complexity index is 591. The Morgan fingerprint density at radius 3 is 2.64 bits per heavy atom. The summed E-state index contributed by atoms with van der Waals surface area (Å²) in [6, 6.07) is 0. The molecule has 140 valence electrons. The van der Waals surface area contributed by atoms with Gasteiger partial charge in [-0.25, -0.2) is 4.79 Å². The van der Waals surface area contributed by atoms with Crippen molar-refractivity contribution in [1.29, 1.82) is 0 Å². The molecule has 1 saturated heterocycles. The molecule has 1 aliphatic carbocycles. The predicted octanol–water partition coefficient (Wildman–Crippen LogP) is 1.71. The minimum Gasteiger partial charge on any atom is -0.478 e. The fourth-order valence-electron chi connectivity index (χ4n) is 3.33. The molecule has 0 radical (unpaired) electrons. The maximum Gasteiger partial charge on any atom is 0.330 e. The van der Waals surface area contributed by atoms with Crippen LogP contribution in [0.2, 0.25) is 0 Å². The highest BCUT2D eigenvalue weighted by Gasteiger charge is 2.67. The van der Waals surface area contributed by atoms with Gasteiger partial charge in [-0.2, -0.15) is 0 Å². The molecule has 4 unspecified atom stereocenters. The maximum atomic E-state index is 11.0. The first kappa shape index (κ1) is 19.8. The number of fused-ring (bicyclic) bond motifs is 1. The molecule has 6 nitrogen and oxygen atoms in total. The van der Waals surface area contributed by atoms with Crippen LogP contribution >= 0.6 is 0 Å². The third-order valence-corrected chi connectivity index (χ3v) is 5.05. The summed E-state index contributed by atoms with van der Waals surface area (Å²) in [4.78, 5) is 11.0. The molecule has 0 spiro atoms. The third kappa shape index (κ3) is 4.03. The van der Waals surface area contributed by atoms with Crippen LogP contribution in [0, 0.1) is 0 Å².